The number of carboxylic acid groups (broad SMARTS) is 1. The van der Waals surface area contributed by atoms with Crippen molar-refractivity contribution >= 4 is 29.2 Å². The summed E-state index contributed by atoms with van der Waals surface area (Å²) in [4.78, 5) is 37.6. The molecule has 2 amide bonds. The van der Waals surface area contributed by atoms with E-state index >= 15 is 0 Å². The van der Waals surface area contributed by atoms with Crippen LogP contribution in [0.5, 0.6) is 5.75 Å². The van der Waals surface area contributed by atoms with Crippen LogP contribution in [0, 0.1) is 5.82 Å². The van der Waals surface area contributed by atoms with Crippen LogP contribution < -0.4 is 15.0 Å². The van der Waals surface area contributed by atoms with Gasteiger partial charge in [0.25, 0.3) is 5.91 Å². The first-order chi connectivity index (χ1) is 14.1. The molecule has 1 unspecified atom stereocenters. The first-order valence-corrected chi connectivity index (χ1v) is 9.45. The molecule has 1 heterocycles. The predicted molar refractivity (Wildman–Crippen MR) is 109 cm³/mol. The van der Waals surface area contributed by atoms with Crippen LogP contribution in [0.3, 0.4) is 0 Å². The number of benzene rings is 2. The Hall–Kier alpha value is -3.42. The van der Waals surface area contributed by atoms with Gasteiger partial charge >= 0.3 is 5.97 Å². The predicted octanol–water partition coefficient (Wildman–Crippen LogP) is 3.55. The lowest BCUT2D eigenvalue weighted by Gasteiger charge is -2.37. The summed E-state index contributed by atoms with van der Waals surface area (Å²) in [6, 6.07) is 10.4. The molecule has 0 aromatic heterocycles. The number of ether oxygens (including phenoxy) is 1. The first-order valence-electron chi connectivity index (χ1n) is 9.45. The van der Waals surface area contributed by atoms with Gasteiger partial charge in [0.05, 0.1) is 12.1 Å². The molecule has 30 heavy (non-hydrogen) atoms. The van der Waals surface area contributed by atoms with Crippen LogP contribution >= 0.6 is 0 Å². The van der Waals surface area contributed by atoms with Gasteiger partial charge in [-0.2, -0.15) is 0 Å². The molecular formula is C22H23FN2O5. The zero-order valence-corrected chi connectivity index (χ0v) is 16.9. The summed E-state index contributed by atoms with van der Waals surface area (Å²) in [6.07, 6.45) is -0.340. The number of hydrogen-bond donors (Lipinski definition) is 2. The summed E-state index contributed by atoms with van der Waals surface area (Å²) >= 11 is 0. The van der Waals surface area contributed by atoms with Crippen molar-refractivity contribution in [2.45, 2.75) is 38.2 Å². The first kappa shape index (κ1) is 21.3. The van der Waals surface area contributed by atoms with Crippen LogP contribution in [-0.2, 0) is 14.4 Å². The van der Waals surface area contributed by atoms with Crippen molar-refractivity contribution in [3.63, 3.8) is 0 Å². The van der Waals surface area contributed by atoms with E-state index in [9.17, 15) is 23.9 Å². The zero-order valence-electron chi connectivity index (χ0n) is 16.9. The summed E-state index contributed by atoms with van der Waals surface area (Å²) in [5.41, 5.74) is 0.599. The summed E-state index contributed by atoms with van der Waals surface area (Å²) in [5, 5.41) is 11.9. The summed E-state index contributed by atoms with van der Waals surface area (Å²) in [7, 11) is 1.66. The Morgan fingerprint density at radius 3 is 2.47 bits per heavy atom. The lowest BCUT2D eigenvalue weighted by molar-refractivity contribution is -0.137. The number of carbonyl (C=O) groups is 3. The quantitative estimate of drug-likeness (QED) is 0.754. The number of nitrogens with one attached hydrogen (secondary N) is 1. The molecule has 1 aliphatic rings. The van der Waals surface area contributed by atoms with Gasteiger partial charge in [0.1, 0.15) is 11.6 Å². The Bertz CT molecular complexity index is 988. The SMILES string of the molecule is CN1C(=O)C(C)(C)Oc2cc(NC(=O)CC(CC(=O)O)c3ccc(F)cc3)ccc21. The number of nitrogens with zero attached hydrogens (tertiary/aromatic N) is 1. The second-order valence-corrected chi connectivity index (χ2v) is 7.76. The number of carboxylic acids is 1. The molecule has 1 aliphatic heterocycles. The molecule has 0 bridgehead atoms. The van der Waals surface area contributed by atoms with E-state index in [1.807, 2.05) is 0 Å². The van der Waals surface area contributed by atoms with Gasteiger partial charge in [-0.3, -0.25) is 14.4 Å². The van der Waals surface area contributed by atoms with Crippen LogP contribution in [-0.4, -0.2) is 35.5 Å². The second kappa shape index (κ2) is 8.14. The molecule has 2 aromatic rings. The molecule has 0 saturated carbocycles. The fraction of sp³-hybridized carbons (Fsp3) is 0.318. The molecule has 1 atom stereocenters. The van der Waals surface area contributed by atoms with Crippen molar-refractivity contribution in [3.8, 4) is 5.75 Å². The van der Waals surface area contributed by atoms with Gasteiger partial charge in [0.15, 0.2) is 5.60 Å². The highest BCUT2D eigenvalue weighted by atomic mass is 19.1. The number of likely N-dealkylation sites (N-methyl/N-ethyl adjacent to an activating group) is 1. The lowest BCUT2D eigenvalue weighted by atomic mass is 9.92. The highest BCUT2D eigenvalue weighted by Gasteiger charge is 2.39. The third-order valence-corrected chi connectivity index (χ3v) is 4.98. The molecule has 0 radical (unpaired) electrons. The standard InChI is InChI=1S/C22H23FN2O5/c1-22(2)21(29)25(3)17-9-8-16(12-18(17)30-22)24-19(26)10-14(11-20(27)28)13-4-6-15(23)7-5-13/h4-9,12,14H,10-11H2,1-3H3,(H,24,26)(H,27,28). The average Bonchev–Trinajstić information content (AvgIpc) is 2.65. The highest BCUT2D eigenvalue weighted by molar-refractivity contribution is 6.02. The maximum Gasteiger partial charge on any atom is 0.303 e. The van der Waals surface area contributed by atoms with Crippen molar-refractivity contribution in [1.82, 2.24) is 0 Å². The molecule has 2 aromatic carbocycles. The average molecular weight is 414 g/mol. The smallest absolute Gasteiger partial charge is 0.303 e. The van der Waals surface area contributed by atoms with Crippen molar-refractivity contribution in [1.29, 1.82) is 0 Å². The lowest BCUT2D eigenvalue weighted by Crippen LogP contribution is -2.50. The normalized spacial score (nSPS) is 15.7. The van der Waals surface area contributed by atoms with Crippen LogP contribution in [0.1, 0.15) is 38.2 Å². The van der Waals surface area contributed by atoms with E-state index in [-0.39, 0.29) is 24.7 Å². The van der Waals surface area contributed by atoms with Crippen LogP contribution in [0.2, 0.25) is 0 Å². The molecule has 0 fully saturated rings. The fourth-order valence-corrected chi connectivity index (χ4v) is 3.47. The molecular weight excluding hydrogens is 391 g/mol. The molecule has 0 saturated heterocycles. The number of hydrogen-bond acceptors (Lipinski definition) is 4. The topological polar surface area (TPSA) is 95.9 Å². The van der Waals surface area contributed by atoms with E-state index in [1.54, 1.807) is 39.1 Å². The van der Waals surface area contributed by atoms with Gasteiger partial charge in [0.2, 0.25) is 5.91 Å². The molecule has 8 heteroatoms. The number of anilines is 2. The summed E-state index contributed by atoms with van der Waals surface area (Å²) < 4.78 is 19.0. The van der Waals surface area contributed by atoms with Gasteiger partial charge in [-0.25, -0.2) is 4.39 Å². The van der Waals surface area contributed by atoms with Gasteiger partial charge in [-0.05, 0) is 43.7 Å². The molecule has 0 aliphatic carbocycles. The highest BCUT2D eigenvalue weighted by Crippen LogP contribution is 2.38. The number of fused-ring (bicyclic) bond motifs is 1. The van der Waals surface area contributed by atoms with Crippen LogP contribution in [0.25, 0.3) is 0 Å². The molecule has 0 spiro atoms. The molecule has 3 rings (SSSR count). The Morgan fingerprint density at radius 2 is 1.83 bits per heavy atom. The minimum absolute atomic E-state index is 0.0836. The monoisotopic (exact) mass is 414 g/mol. The van der Waals surface area contributed by atoms with E-state index in [4.69, 9.17) is 4.74 Å². The van der Waals surface area contributed by atoms with Gasteiger partial charge in [0, 0.05) is 31.1 Å². The van der Waals surface area contributed by atoms with Gasteiger partial charge in [-0.15, -0.1) is 0 Å². The number of carbonyl (C=O) groups excluding carboxylic acids is 2. The Morgan fingerprint density at radius 1 is 1.17 bits per heavy atom. The number of rotatable bonds is 6. The Balaban J connectivity index is 1.76. The Labute approximate surface area is 173 Å². The van der Waals surface area contributed by atoms with Crippen LogP contribution in [0.4, 0.5) is 15.8 Å². The maximum absolute atomic E-state index is 13.2. The van der Waals surface area contributed by atoms with Crippen molar-refractivity contribution in [2.24, 2.45) is 0 Å². The van der Waals surface area contributed by atoms with Crippen LogP contribution in [0.15, 0.2) is 42.5 Å². The van der Waals surface area contributed by atoms with E-state index in [2.05, 4.69) is 5.32 Å². The largest absolute Gasteiger partial charge is 0.481 e. The molecule has 7 nitrogen and oxygen atoms in total. The van der Waals surface area contributed by atoms with E-state index in [0.29, 0.717) is 22.7 Å². The van der Waals surface area contributed by atoms with Crippen molar-refractivity contribution < 1.29 is 28.6 Å². The maximum atomic E-state index is 13.2. The fourth-order valence-electron chi connectivity index (χ4n) is 3.47. The molecule has 158 valence electrons. The van der Waals surface area contributed by atoms with E-state index in [0.717, 1.165) is 0 Å². The third-order valence-electron chi connectivity index (χ3n) is 4.98. The van der Waals surface area contributed by atoms with E-state index < -0.39 is 23.3 Å². The van der Waals surface area contributed by atoms with Crippen molar-refractivity contribution in [2.75, 3.05) is 17.3 Å². The van der Waals surface area contributed by atoms with Gasteiger partial charge in [-0.1, -0.05) is 12.1 Å². The minimum atomic E-state index is -1.05. The number of halogens is 1. The van der Waals surface area contributed by atoms with Crippen molar-refractivity contribution in [3.05, 3.63) is 53.8 Å². The summed E-state index contributed by atoms with van der Waals surface area (Å²) in [5.74, 6) is -2.18. The van der Waals surface area contributed by atoms with Gasteiger partial charge < -0.3 is 20.1 Å². The zero-order chi connectivity index (χ0) is 22.1. The number of aliphatic carboxylic acids is 1. The Kier molecular flexibility index (Phi) is 5.78. The van der Waals surface area contributed by atoms with E-state index in [1.165, 1.54) is 29.2 Å². The molecule has 2 N–H and O–H groups in total. The minimum Gasteiger partial charge on any atom is -0.481 e. The summed E-state index contributed by atoms with van der Waals surface area (Å²) in [6.45, 7) is 3.33. The number of amides is 2. The second-order valence-electron chi connectivity index (χ2n) is 7.76. The third kappa shape index (κ3) is 4.59.